The molecule has 0 saturated heterocycles. The molecule has 2 aromatic heterocycles. The molecule has 0 saturated carbocycles. The number of para-hydroxylation sites is 2. The number of nitrogens with one attached hydrogen (secondary N) is 1. The van der Waals surface area contributed by atoms with Gasteiger partial charge in [-0.3, -0.25) is 0 Å². The maximum absolute atomic E-state index is 6.15. The van der Waals surface area contributed by atoms with Crippen LogP contribution in [0.15, 0.2) is 126 Å². The second-order valence-electron chi connectivity index (χ2n) is 9.45. The van der Waals surface area contributed by atoms with Crippen LogP contribution in [0.25, 0.3) is 76.8 Å². The van der Waals surface area contributed by atoms with Gasteiger partial charge in [-0.1, -0.05) is 91.0 Å². The van der Waals surface area contributed by atoms with Gasteiger partial charge >= 0.3 is 0 Å². The summed E-state index contributed by atoms with van der Waals surface area (Å²) in [5.74, 6) is 0. The van der Waals surface area contributed by atoms with Crippen molar-refractivity contribution in [2.45, 2.75) is 0 Å². The molecule has 0 fully saturated rings. The van der Waals surface area contributed by atoms with Crippen molar-refractivity contribution in [3.63, 3.8) is 0 Å². The molecule has 0 unspecified atom stereocenters. The van der Waals surface area contributed by atoms with Gasteiger partial charge in [0.15, 0.2) is 0 Å². The second-order valence-corrected chi connectivity index (χ2v) is 9.45. The zero-order chi connectivity index (χ0) is 23.6. The molecule has 0 bridgehead atoms. The van der Waals surface area contributed by atoms with E-state index in [1.54, 1.807) is 0 Å². The van der Waals surface area contributed by atoms with Gasteiger partial charge in [0.05, 0.1) is 5.52 Å². The Morgan fingerprint density at radius 1 is 0.472 bits per heavy atom. The van der Waals surface area contributed by atoms with Gasteiger partial charge in [-0.15, -0.1) is 0 Å². The standard InChI is InChI=1S/C34H21NO/c1-2-10-25-21(7-1)16-18-30-33(25)29-13-6-12-26(34(29)35-30)24-9-5-8-22(19-24)23-15-17-28-27-11-3-4-14-31(27)36-32(28)20-23/h1-20,35H. The fourth-order valence-electron chi connectivity index (χ4n) is 5.71. The zero-order valence-electron chi connectivity index (χ0n) is 19.5. The number of aromatic nitrogens is 1. The zero-order valence-corrected chi connectivity index (χ0v) is 19.5. The molecule has 36 heavy (non-hydrogen) atoms. The maximum atomic E-state index is 6.15. The highest BCUT2D eigenvalue weighted by Crippen LogP contribution is 2.38. The van der Waals surface area contributed by atoms with Crippen molar-refractivity contribution in [3.8, 4) is 22.3 Å². The Morgan fingerprint density at radius 3 is 2.19 bits per heavy atom. The lowest BCUT2D eigenvalue weighted by Gasteiger charge is -2.08. The molecule has 6 aromatic carbocycles. The van der Waals surface area contributed by atoms with Gasteiger partial charge in [0.2, 0.25) is 0 Å². The van der Waals surface area contributed by atoms with Crippen molar-refractivity contribution in [2.24, 2.45) is 0 Å². The molecule has 2 nitrogen and oxygen atoms in total. The molecule has 8 rings (SSSR count). The Hall–Kier alpha value is -4.82. The van der Waals surface area contributed by atoms with Crippen molar-refractivity contribution in [3.05, 3.63) is 121 Å². The first-order chi connectivity index (χ1) is 17.8. The predicted molar refractivity (Wildman–Crippen MR) is 151 cm³/mol. The van der Waals surface area contributed by atoms with Gasteiger partial charge in [-0.2, -0.15) is 0 Å². The van der Waals surface area contributed by atoms with Crippen LogP contribution >= 0.6 is 0 Å². The average Bonchev–Trinajstić information content (AvgIpc) is 3.51. The van der Waals surface area contributed by atoms with E-state index >= 15 is 0 Å². The third kappa shape index (κ3) is 2.79. The Balaban J connectivity index is 1.31. The summed E-state index contributed by atoms with van der Waals surface area (Å²) >= 11 is 0. The number of rotatable bonds is 2. The van der Waals surface area contributed by atoms with E-state index in [9.17, 15) is 0 Å². The average molecular weight is 460 g/mol. The largest absolute Gasteiger partial charge is 0.456 e. The highest BCUT2D eigenvalue weighted by molar-refractivity contribution is 6.22. The van der Waals surface area contributed by atoms with Crippen LogP contribution in [0.2, 0.25) is 0 Å². The quantitative estimate of drug-likeness (QED) is 0.274. The fraction of sp³-hybridized carbons (Fsp3) is 0. The second kappa shape index (κ2) is 7.34. The minimum atomic E-state index is 0.920. The lowest BCUT2D eigenvalue weighted by molar-refractivity contribution is 0.669. The molecule has 0 aliphatic rings. The van der Waals surface area contributed by atoms with Gasteiger partial charge in [0, 0.05) is 32.6 Å². The molecule has 0 amide bonds. The third-order valence-corrected chi connectivity index (χ3v) is 7.41. The van der Waals surface area contributed by atoms with Crippen LogP contribution in [0.4, 0.5) is 0 Å². The molecule has 2 heteroatoms. The van der Waals surface area contributed by atoms with Crippen molar-refractivity contribution >= 4 is 54.5 Å². The molecular weight excluding hydrogens is 438 g/mol. The van der Waals surface area contributed by atoms with Crippen molar-refractivity contribution in [2.75, 3.05) is 0 Å². The molecule has 8 aromatic rings. The van der Waals surface area contributed by atoms with Crippen LogP contribution in [0, 0.1) is 0 Å². The number of hydrogen-bond donors (Lipinski definition) is 1. The van der Waals surface area contributed by atoms with E-state index in [-0.39, 0.29) is 0 Å². The number of aromatic amines is 1. The fourth-order valence-corrected chi connectivity index (χ4v) is 5.71. The molecule has 1 N–H and O–H groups in total. The van der Waals surface area contributed by atoms with Gasteiger partial charge in [0.1, 0.15) is 11.2 Å². The van der Waals surface area contributed by atoms with E-state index < -0.39 is 0 Å². The minimum absolute atomic E-state index is 0.920. The molecule has 0 radical (unpaired) electrons. The molecule has 0 atom stereocenters. The Bertz CT molecular complexity index is 2110. The first kappa shape index (κ1) is 19.5. The van der Waals surface area contributed by atoms with Gasteiger partial charge in [-0.25, -0.2) is 0 Å². The van der Waals surface area contributed by atoms with E-state index in [0.29, 0.717) is 0 Å². The van der Waals surface area contributed by atoms with Crippen LogP contribution in [0.3, 0.4) is 0 Å². The topological polar surface area (TPSA) is 28.9 Å². The van der Waals surface area contributed by atoms with Crippen LogP contribution in [-0.2, 0) is 0 Å². The number of H-pyrrole nitrogens is 1. The number of fused-ring (bicyclic) bond motifs is 8. The highest BCUT2D eigenvalue weighted by atomic mass is 16.3. The first-order valence-corrected chi connectivity index (χ1v) is 12.3. The number of hydrogen-bond acceptors (Lipinski definition) is 1. The van der Waals surface area contributed by atoms with Gasteiger partial charge in [0.25, 0.3) is 0 Å². The summed E-state index contributed by atoms with van der Waals surface area (Å²) in [6.07, 6.45) is 0. The normalized spacial score (nSPS) is 11.9. The summed E-state index contributed by atoms with van der Waals surface area (Å²) in [5.41, 5.74) is 8.92. The van der Waals surface area contributed by atoms with Gasteiger partial charge in [-0.05, 0) is 57.8 Å². The predicted octanol–water partition coefficient (Wildman–Crippen LogP) is 9.71. The highest BCUT2D eigenvalue weighted by Gasteiger charge is 2.13. The summed E-state index contributed by atoms with van der Waals surface area (Å²) < 4.78 is 6.15. The van der Waals surface area contributed by atoms with E-state index in [2.05, 4.69) is 114 Å². The summed E-state index contributed by atoms with van der Waals surface area (Å²) in [4.78, 5) is 3.72. The lowest BCUT2D eigenvalue weighted by Crippen LogP contribution is -1.83. The Morgan fingerprint density at radius 2 is 1.22 bits per heavy atom. The summed E-state index contributed by atoms with van der Waals surface area (Å²) in [7, 11) is 0. The van der Waals surface area contributed by atoms with Crippen molar-refractivity contribution in [1.82, 2.24) is 4.98 Å². The molecule has 2 heterocycles. The van der Waals surface area contributed by atoms with Crippen molar-refractivity contribution in [1.29, 1.82) is 0 Å². The first-order valence-electron chi connectivity index (χ1n) is 12.3. The Labute approximate surface area is 207 Å². The van der Waals surface area contributed by atoms with Gasteiger partial charge < -0.3 is 9.40 Å². The molecule has 0 spiro atoms. The van der Waals surface area contributed by atoms with Crippen LogP contribution in [0.5, 0.6) is 0 Å². The Kier molecular flexibility index (Phi) is 3.97. The maximum Gasteiger partial charge on any atom is 0.136 e. The third-order valence-electron chi connectivity index (χ3n) is 7.41. The molecule has 0 aliphatic heterocycles. The van der Waals surface area contributed by atoms with Crippen LogP contribution < -0.4 is 0 Å². The van der Waals surface area contributed by atoms with Crippen LogP contribution in [0.1, 0.15) is 0 Å². The van der Waals surface area contributed by atoms with Crippen molar-refractivity contribution < 1.29 is 4.42 Å². The van der Waals surface area contributed by atoms with E-state index in [1.165, 1.54) is 49.3 Å². The van der Waals surface area contributed by atoms with E-state index in [0.717, 1.165) is 27.5 Å². The summed E-state index contributed by atoms with van der Waals surface area (Å²) in [5, 5.41) is 7.40. The summed E-state index contributed by atoms with van der Waals surface area (Å²) in [6, 6.07) is 43.1. The number of furan rings is 1. The molecule has 168 valence electrons. The smallest absolute Gasteiger partial charge is 0.136 e. The summed E-state index contributed by atoms with van der Waals surface area (Å²) in [6.45, 7) is 0. The van der Waals surface area contributed by atoms with Crippen LogP contribution in [-0.4, -0.2) is 4.98 Å². The molecule has 0 aliphatic carbocycles. The lowest BCUT2D eigenvalue weighted by atomic mass is 9.96. The van der Waals surface area contributed by atoms with E-state index in [1.807, 2.05) is 12.1 Å². The monoisotopic (exact) mass is 459 g/mol. The SMILES string of the molecule is c1cc(-c2ccc3c(c2)oc2ccccc23)cc(-c2cccc3c2[nH]c2ccc4ccccc4c23)c1. The minimum Gasteiger partial charge on any atom is -0.456 e. The molecular formula is C34H21NO. The van der Waals surface area contributed by atoms with E-state index in [4.69, 9.17) is 4.42 Å². The number of benzene rings is 6.